The highest BCUT2D eigenvalue weighted by Crippen LogP contribution is 2.37. The van der Waals surface area contributed by atoms with E-state index in [4.69, 9.17) is 14.2 Å². The van der Waals surface area contributed by atoms with Crippen LogP contribution in [-0.4, -0.2) is 62.8 Å². The molecule has 0 amide bonds. The van der Waals surface area contributed by atoms with Crippen molar-refractivity contribution in [3.05, 3.63) is 0 Å². The van der Waals surface area contributed by atoms with Crippen molar-refractivity contribution in [1.29, 1.82) is 0 Å². The summed E-state index contributed by atoms with van der Waals surface area (Å²) in [6, 6.07) is 1.11. The molecule has 0 aromatic rings. The topological polar surface area (TPSA) is 63.8 Å². The molecule has 3 aliphatic heterocycles. The highest BCUT2D eigenvalue weighted by Gasteiger charge is 2.45. The van der Waals surface area contributed by atoms with Crippen LogP contribution in [0.1, 0.15) is 46.0 Å². The number of ether oxygens (including phenoxy) is 3. The zero-order valence-corrected chi connectivity index (χ0v) is 15.7. The molecule has 6 nitrogen and oxygen atoms in total. The largest absolute Gasteiger partial charge is 0.379 e. The van der Waals surface area contributed by atoms with E-state index in [0.717, 1.165) is 45.4 Å². The Morgan fingerprint density at radius 2 is 1.72 bits per heavy atom. The van der Waals surface area contributed by atoms with Gasteiger partial charge in [-0.3, -0.25) is 10.9 Å². The lowest BCUT2D eigenvalue weighted by atomic mass is 9.74. The summed E-state index contributed by atoms with van der Waals surface area (Å²) in [6.45, 7) is 7.81. The van der Waals surface area contributed by atoms with Crippen molar-refractivity contribution in [2.24, 2.45) is 11.8 Å². The fraction of sp³-hybridized carbons (Fsp3) is 1.00. The van der Waals surface area contributed by atoms with E-state index in [1.165, 1.54) is 6.42 Å². The third kappa shape index (κ3) is 4.37. The predicted molar refractivity (Wildman–Crippen MR) is 96.3 cm³/mol. The zero-order chi connectivity index (χ0) is 17.2. The van der Waals surface area contributed by atoms with Crippen LogP contribution in [0.15, 0.2) is 0 Å². The average Bonchev–Trinajstić information content (AvgIpc) is 3.01. The van der Waals surface area contributed by atoms with E-state index in [1.807, 2.05) is 0 Å². The van der Waals surface area contributed by atoms with Gasteiger partial charge < -0.3 is 19.5 Å². The van der Waals surface area contributed by atoms with Crippen molar-refractivity contribution < 1.29 is 14.2 Å². The molecule has 3 saturated heterocycles. The van der Waals surface area contributed by atoms with Gasteiger partial charge in [-0.05, 0) is 64.3 Å². The van der Waals surface area contributed by atoms with Gasteiger partial charge in [-0.25, -0.2) is 0 Å². The van der Waals surface area contributed by atoms with Gasteiger partial charge in [0.1, 0.15) is 0 Å². The van der Waals surface area contributed by atoms with Gasteiger partial charge in [0, 0.05) is 25.2 Å². The number of hydrogen-bond donors (Lipinski definition) is 3. The number of piperidine rings is 1. The van der Waals surface area contributed by atoms with E-state index < -0.39 is 0 Å². The Labute approximate surface area is 151 Å². The SMILES string of the molecule is C[C@@H]1CCOC[C@H](C)OC2CCC3NNC(C4CNCC(C4)O1)C3C2. The van der Waals surface area contributed by atoms with Crippen molar-refractivity contribution in [3.63, 3.8) is 0 Å². The molecular weight excluding hydrogens is 318 g/mol. The van der Waals surface area contributed by atoms with Gasteiger partial charge in [-0.1, -0.05) is 0 Å². The van der Waals surface area contributed by atoms with Crippen molar-refractivity contribution in [2.75, 3.05) is 26.3 Å². The van der Waals surface area contributed by atoms with Gasteiger partial charge in [-0.15, -0.1) is 0 Å². The van der Waals surface area contributed by atoms with Crippen LogP contribution in [0.4, 0.5) is 0 Å². The Morgan fingerprint density at radius 1 is 0.840 bits per heavy atom. The highest BCUT2D eigenvalue weighted by molar-refractivity contribution is 5.00. The maximum Gasteiger partial charge on any atom is 0.0784 e. The molecular formula is C19H35N3O3. The second-order valence-electron chi connectivity index (χ2n) is 8.55. The molecule has 4 rings (SSSR count). The van der Waals surface area contributed by atoms with E-state index in [-0.39, 0.29) is 12.2 Å². The minimum absolute atomic E-state index is 0.171. The Balaban J connectivity index is 1.48. The van der Waals surface area contributed by atoms with Gasteiger partial charge in [0.05, 0.1) is 31.0 Å². The molecule has 4 aliphatic rings. The number of fused-ring (bicyclic) bond motifs is 4. The molecule has 6 heteroatoms. The van der Waals surface area contributed by atoms with Crippen molar-refractivity contribution in [3.8, 4) is 0 Å². The van der Waals surface area contributed by atoms with Crippen LogP contribution in [0, 0.1) is 11.8 Å². The Kier molecular flexibility index (Phi) is 5.94. The summed E-state index contributed by atoms with van der Waals surface area (Å²) in [5.41, 5.74) is 7.20. The molecule has 0 aromatic carbocycles. The maximum absolute atomic E-state index is 6.33. The first-order chi connectivity index (χ1) is 12.2. The summed E-state index contributed by atoms with van der Waals surface area (Å²) in [4.78, 5) is 0. The third-order valence-electron chi connectivity index (χ3n) is 6.47. The first kappa shape index (κ1) is 18.1. The lowest BCUT2D eigenvalue weighted by molar-refractivity contribution is -0.0735. The molecule has 0 spiro atoms. The van der Waals surface area contributed by atoms with Crippen LogP contribution in [-0.2, 0) is 14.2 Å². The second kappa shape index (κ2) is 8.19. The molecule has 144 valence electrons. The van der Waals surface area contributed by atoms with Crippen LogP contribution in [0.5, 0.6) is 0 Å². The molecule has 4 fully saturated rings. The van der Waals surface area contributed by atoms with Crippen LogP contribution in [0.3, 0.4) is 0 Å². The number of nitrogens with one attached hydrogen (secondary N) is 3. The van der Waals surface area contributed by atoms with E-state index in [2.05, 4.69) is 30.0 Å². The molecule has 6 unspecified atom stereocenters. The third-order valence-corrected chi connectivity index (χ3v) is 6.47. The van der Waals surface area contributed by atoms with Crippen molar-refractivity contribution in [2.45, 2.75) is 82.5 Å². The first-order valence-electron chi connectivity index (χ1n) is 10.3. The van der Waals surface area contributed by atoms with Crippen molar-refractivity contribution >= 4 is 0 Å². The first-order valence-corrected chi connectivity index (χ1v) is 10.3. The zero-order valence-electron chi connectivity index (χ0n) is 15.7. The van der Waals surface area contributed by atoms with Crippen LogP contribution >= 0.6 is 0 Å². The van der Waals surface area contributed by atoms with Crippen molar-refractivity contribution in [1.82, 2.24) is 16.2 Å². The average molecular weight is 354 g/mol. The summed E-state index contributed by atoms with van der Waals surface area (Å²) in [6.07, 6.45) is 6.69. The van der Waals surface area contributed by atoms with Crippen LogP contribution in [0.25, 0.3) is 0 Å². The number of hydrogen-bond acceptors (Lipinski definition) is 6. The molecule has 3 heterocycles. The molecule has 3 N–H and O–H groups in total. The molecule has 4 bridgehead atoms. The molecule has 0 radical (unpaired) electrons. The summed E-state index contributed by atoms with van der Waals surface area (Å²) in [7, 11) is 0. The Bertz CT molecular complexity index is 438. The second-order valence-corrected chi connectivity index (χ2v) is 8.55. The van der Waals surface area contributed by atoms with E-state index >= 15 is 0 Å². The maximum atomic E-state index is 6.33. The van der Waals surface area contributed by atoms with Gasteiger partial charge in [-0.2, -0.15) is 0 Å². The quantitative estimate of drug-likeness (QED) is 0.608. The molecule has 25 heavy (non-hydrogen) atoms. The molecule has 8 atom stereocenters. The fourth-order valence-corrected chi connectivity index (χ4v) is 5.22. The summed E-state index contributed by atoms with van der Waals surface area (Å²) >= 11 is 0. The van der Waals surface area contributed by atoms with Crippen LogP contribution in [0.2, 0.25) is 0 Å². The fourth-order valence-electron chi connectivity index (χ4n) is 5.22. The van der Waals surface area contributed by atoms with Gasteiger partial charge in [0.15, 0.2) is 0 Å². The monoisotopic (exact) mass is 353 g/mol. The lowest BCUT2D eigenvalue weighted by Gasteiger charge is -2.39. The summed E-state index contributed by atoms with van der Waals surface area (Å²) < 4.78 is 18.5. The van der Waals surface area contributed by atoms with E-state index in [0.29, 0.717) is 42.7 Å². The Morgan fingerprint density at radius 3 is 2.64 bits per heavy atom. The van der Waals surface area contributed by atoms with E-state index in [9.17, 15) is 0 Å². The van der Waals surface area contributed by atoms with Crippen LogP contribution < -0.4 is 16.2 Å². The van der Waals surface area contributed by atoms with E-state index in [1.54, 1.807) is 0 Å². The number of rotatable bonds is 0. The number of hydrazine groups is 1. The lowest BCUT2D eigenvalue weighted by Crippen LogP contribution is -2.51. The standard InChI is InChI=1S/C19H35N3O3/c1-12-5-6-23-11-13(2)25-15-3-4-18-17(8-15)19(22-21-18)14-7-16(24-12)10-20-9-14/h12-22H,3-11H2,1-2H3/t12-,13+,14?,15?,16?,17?,18?,19?/m1/s1. The summed E-state index contributed by atoms with van der Waals surface area (Å²) in [5, 5.41) is 3.61. The van der Waals surface area contributed by atoms with Gasteiger partial charge >= 0.3 is 0 Å². The molecule has 0 aromatic heterocycles. The minimum Gasteiger partial charge on any atom is -0.379 e. The summed E-state index contributed by atoms with van der Waals surface area (Å²) in [5.74, 6) is 1.27. The van der Waals surface area contributed by atoms with Gasteiger partial charge in [0.2, 0.25) is 0 Å². The molecule has 1 aliphatic carbocycles. The highest BCUT2D eigenvalue weighted by atomic mass is 16.5. The van der Waals surface area contributed by atoms with Gasteiger partial charge in [0.25, 0.3) is 0 Å². The minimum atomic E-state index is 0.171. The normalized spacial score (nSPS) is 49.2. The smallest absolute Gasteiger partial charge is 0.0784 e. The molecule has 1 saturated carbocycles. The Hall–Kier alpha value is -0.240. The predicted octanol–water partition coefficient (Wildman–Crippen LogP) is 1.21.